The van der Waals surface area contributed by atoms with Gasteiger partial charge in [-0.25, -0.2) is 15.0 Å². The summed E-state index contributed by atoms with van der Waals surface area (Å²) < 4.78 is 11.3. The molecule has 1 N–H and O–H groups in total. The molecule has 0 amide bonds. The van der Waals surface area contributed by atoms with E-state index in [9.17, 15) is 0 Å². The SMILES string of the molecule is COc1ccccc1-c1cnc(Nc2cncnc2)c2c1CCO2. The number of methoxy groups -OCH3 is 1. The molecule has 0 unspecified atom stereocenters. The van der Waals surface area contributed by atoms with E-state index in [-0.39, 0.29) is 0 Å². The number of rotatable bonds is 4. The molecule has 0 spiro atoms. The van der Waals surface area contributed by atoms with Gasteiger partial charge in [0.1, 0.15) is 12.1 Å². The second-order valence-electron chi connectivity index (χ2n) is 5.38. The number of hydrogen-bond donors (Lipinski definition) is 1. The van der Waals surface area contributed by atoms with E-state index < -0.39 is 0 Å². The minimum atomic E-state index is 0.642. The van der Waals surface area contributed by atoms with Gasteiger partial charge in [0, 0.05) is 29.3 Å². The fourth-order valence-electron chi connectivity index (χ4n) is 2.88. The number of nitrogens with one attached hydrogen (secondary N) is 1. The molecule has 0 atom stereocenters. The van der Waals surface area contributed by atoms with Gasteiger partial charge in [-0.2, -0.15) is 0 Å². The summed E-state index contributed by atoms with van der Waals surface area (Å²) in [5.41, 5.74) is 3.96. The van der Waals surface area contributed by atoms with Crippen molar-refractivity contribution < 1.29 is 9.47 Å². The lowest BCUT2D eigenvalue weighted by atomic mass is 9.99. The fraction of sp³-hybridized carbons (Fsp3) is 0.167. The van der Waals surface area contributed by atoms with Gasteiger partial charge in [0.05, 0.1) is 31.8 Å². The van der Waals surface area contributed by atoms with Crippen molar-refractivity contribution in [2.24, 2.45) is 0 Å². The van der Waals surface area contributed by atoms with Crippen LogP contribution in [0.5, 0.6) is 11.5 Å². The predicted octanol–water partition coefficient (Wildman–Crippen LogP) is 3.23. The number of aromatic nitrogens is 3. The van der Waals surface area contributed by atoms with E-state index in [1.807, 2.05) is 30.5 Å². The van der Waals surface area contributed by atoms with Crippen molar-refractivity contribution in [3.05, 3.63) is 54.7 Å². The van der Waals surface area contributed by atoms with Gasteiger partial charge in [0.25, 0.3) is 0 Å². The summed E-state index contributed by atoms with van der Waals surface area (Å²) in [7, 11) is 1.67. The van der Waals surface area contributed by atoms with Crippen molar-refractivity contribution in [1.82, 2.24) is 15.0 Å². The van der Waals surface area contributed by atoms with E-state index in [0.717, 1.165) is 40.3 Å². The molecule has 1 aliphatic rings. The normalized spacial score (nSPS) is 12.4. The zero-order chi connectivity index (χ0) is 16.4. The Labute approximate surface area is 139 Å². The number of pyridine rings is 1. The second kappa shape index (κ2) is 6.16. The zero-order valence-corrected chi connectivity index (χ0v) is 13.2. The predicted molar refractivity (Wildman–Crippen MR) is 90.7 cm³/mol. The Kier molecular flexibility index (Phi) is 3.70. The number of anilines is 2. The maximum atomic E-state index is 5.83. The summed E-state index contributed by atoms with van der Waals surface area (Å²) >= 11 is 0. The lowest BCUT2D eigenvalue weighted by molar-refractivity contribution is 0.357. The molecule has 0 bridgehead atoms. The molecule has 24 heavy (non-hydrogen) atoms. The van der Waals surface area contributed by atoms with Crippen LogP contribution >= 0.6 is 0 Å². The number of benzene rings is 1. The zero-order valence-electron chi connectivity index (χ0n) is 13.2. The van der Waals surface area contributed by atoms with Crippen LogP contribution in [0, 0.1) is 0 Å². The minimum Gasteiger partial charge on any atom is -0.496 e. The number of fused-ring (bicyclic) bond motifs is 1. The molecule has 0 saturated carbocycles. The summed E-state index contributed by atoms with van der Waals surface area (Å²) in [5, 5.41) is 3.22. The molecule has 6 nitrogen and oxygen atoms in total. The first kappa shape index (κ1) is 14.4. The Balaban J connectivity index is 1.78. The largest absolute Gasteiger partial charge is 0.496 e. The minimum absolute atomic E-state index is 0.642. The van der Waals surface area contributed by atoms with Crippen LogP contribution in [0.15, 0.2) is 49.2 Å². The highest BCUT2D eigenvalue weighted by Gasteiger charge is 2.23. The third kappa shape index (κ3) is 2.52. The summed E-state index contributed by atoms with van der Waals surface area (Å²) in [5.74, 6) is 2.28. The van der Waals surface area contributed by atoms with Gasteiger partial charge in [-0.05, 0) is 6.07 Å². The van der Waals surface area contributed by atoms with Gasteiger partial charge in [0.2, 0.25) is 0 Å². The van der Waals surface area contributed by atoms with Crippen LogP contribution in [-0.4, -0.2) is 28.7 Å². The van der Waals surface area contributed by atoms with Crippen molar-refractivity contribution >= 4 is 11.5 Å². The molecule has 0 fully saturated rings. The molecule has 0 aliphatic carbocycles. The van der Waals surface area contributed by atoms with Gasteiger partial charge < -0.3 is 14.8 Å². The summed E-state index contributed by atoms with van der Waals surface area (Å²) in [6.45, 7) is 0.642. The van der Waals surface area contributed by atoms with Crippen LogP contribution in [0.1, 0.15) is 5.56 Å². The highest BCUT2D eigenvalue weighted by molar-refractivity contribution is 5.79. The first-order valence-corrected chi connectivity index (χ1v) is 7.67. The third-order valence-electron chi connectivity index (χ3n) is 3.96. The van der Waals surface area contributed by atoms with Crippen molar-refractivity contribution in [3.63, 3.8) is 0 Å². The van der Waals surface area contributed by atoms with Crippen LogP contribution in [0.25, 0.3) is 11.1 Å². The average molecular weight is 320 g/mol. The van der Waals surface area contributed by atoms with E-state index in [1.165, 1.54) is 6.33 Å². The number of para-hydroxylation sites is 1. The van der Waals surface area contributed by atoms with Gasteiger partial charge in [0.15, 0.2) is 11.6 Å². The number of ether oxygens (including phenoxy) is 2. The molecule has 1 aromatic carbocycles. The summed E-state index contributed by atoms with van der Waals surface area (Å²) in [6.07, 6.45) is 7.58. The first-order chi connectivity index (χ1) is 11.9. The quantitative estimate of drug-likeness (QED) is 0.796. The average Bonchev–Trinajstić information content (AvgIpc) is 3.13. The lowest BCUT2D eigenvalue weighted by Crippen LogP contribution is -1.99. The highest BCUT2D eigenvalue weighted by Crippen LogP contribution is 2.42. The van der Waals surface area contributed by atoms with E-state index in [1.54, 1.807) is 19.5 Å². The number of nitrogens with zero attached hydrogens (tertiary/aromatic N) is 3. The molecule has 0 saturated heterocycles. The molecule has 4 rings (SSSR count). The van der Waals surface area contributed by atoms with Crippen molar-refractivity contribution in [1.29, 1.82) is 0 Å². The fourth-order valence-corrected chi connectivity index (χ4v) is 2.88. The van der Waals surface area contributed by atoms with Crippen LogP contribution in [0.4, 0.5) is 11.5 Å². The van der Waals surface area contributed by atoms with Gasteiger partial charge in [-0.15, -0.1) is 0 Å². The smallest absolute Gasteiger partial charge is 0.173 e. The highest BCUT2D eigenvalue weighted by atomic mass is 16.5. The summed E-state index contributed by atoms with van der Waals surface area (Å²) in [6, 6.07) is 7.93. The monoisotopic (exact) mass is 320 g/mol. The number of hydrogen-bond acceptors (Lipinski definition) is 6. The van der Waals surface area contributed by atoms with Gasteiger partial charge in [-0.1, -0.05) is 18.2 Å². The van der Waals surface area contributed by atoms with Crippen LogP contribution in [0.3, 0.4) is 0 Å². The van der Waals surface area contributed by atoms with E-state index in [0.29, 0.717) is 12.4 Å². The molecular weight excluding hydrogens is 304 g/mol. The Hall–Kier alpha value is -3.15. The maximum Gasteiger partial charge on any atom is 0.173 e. The van der Waals surface area contributed by atoms with Crippen LogP contribution in [-0.2, 0) is 6.42 Å². The van der Waals surface area contributed by atoms with E-state index in [4.69, 9.17) is 9.47 Å². The molecule has 3 aromatic rings. The van der Waals surface area contributed by atoms with E-state index >= 15 is 0 Å². The van der Waals surface area contributed by atoms with Crippen LogP contribution < -0.4 is 14.8 Å². The van der Waals surface area contributed by atoms with E-state index in [2.05, 4.69) is 20.3 Å². The Morgan fingerprint density at radius 3 is 2.75 bits per heavy atom. The summed E-state index contributed by atoms with van der Waals surface area (Å²) in [4.78, 5) is 12.6. The Morgan fingerprint density at radius 1 is 1.08 bits per heavy atom. The Bertz CT molecular complexity index is 868. The van der Waals surface area contributed by atoms with Gasteiger partial charge >= 0.3 is 0 Å². The third-order valence-corrected chi connectivity index (χ3v) is 3.96. The molecule has 2 aromatic heterocycles. The van der Waals surface area contributed by atoms with Crippen molar-refractivity contribution in [2.75, 3.05) is 19.0 Å². The Morgan fingerprint density at radius 2 is 1.92 bits per heavy atom. The molecule has 6 heteroatoms. The second-order valence-corrected chi connectivity index (χ2v) is 5.38. The van der Waals surface area contributed by atoms with Crippen molar-refractivity contribution in [2.45, 2.75) is 6.42 Å². The topological polar surface area (TPSA) is 69.2 Å². The molecular formula is C18H16N4O2. The van der Waals surface area contributed by atoms with Crippen LogP contribution in [0.2, 0.25) is 0 Å². The molecule has 120 valence electrons. The standard InChI is InChI=1S/C18H16N4O2/c1-23-16-5-3-2-4-13(16)15-10-21-18(17-14(15)6-7-24-17)22-12-8-19-11-20-9-12/h2-5,8-11H,6-7H2,1H3,(H,21,22). The molecule has 1 aliphatic heterocycles. The molecule has 3 heterocycles. The van der Waals surface area contributed by atoms with Gasteiger partial charge in [-0.3, -0.25) is 0 Å². The maximum absolute atomic E-state index is 5.83. The first-order valence-electron chi connectivity index (χ1n) is 7.67. The molecule has 0 radical (unpaired) electrons. The van der Waals surface area contributed by atoms with Crippen molar-refractivity contribution in [3.8, 4) is 22.6 Å². The lowest BCUT2D eigenvalue weighted by Gasteiger charge is -2.14.